The van der Waals surface area contributed by atoms with Crippen molar-refractivity contribution in [3.8, 4) is 11.3 Å². The van der Waals surface area contributed by atoms with Crippen molar-refractivity contribution in [2.24, 2.45) is 7.05 Å². The van der Waals surface area contributed by atoms with Gasteiger partial charge in [0.15, 0.2) is 0 Å². The molecule has 0 saturated heterocycles. The average Bonchev–Trinajstić information content (AvgIpc) is 3.05. The second-order valence-electron chi connectivity index (χ2n) is 7.89. The van der Waals surface area contributed by atoms with Crippen molar-refractivity contribution in [2.45, 2.75) is 38.8 Å². The molecule has 2 heterocycles. The Morgan fingerprint density at radius 1 is 1.20 bits per heavy atom. The molecule has 0 fully saturated rings. The lowest BCUT2D eigenvalue weighted by Gasteiger charge is -2.32. The molecule has 1 aromatic carbocycles. The van der Waals surface area contributed by atoms with Crippen molar-refractivity contribution in [3.05, 3.63) is 70.4 Å². The molecule has 0 saturated carbocycles. The second-order valence-corrected chi connectivity index (χ2v) is 8.74. The lowest BCUT2D eigenvalue weighted by atomic mass is 10.1. The molecule has 0 aliphatic carbocycles. The summed E-state index contributed by atoms with van der Waals surface area (Å²) in [5, 5.41) is 2.39. The van der Waals surface area contributed by atoms with Crippen LogP contribution in [0.1, 0.15) is 38.3 Å². The molecule has 0 aliphatic heterocycles. The van der Waals surface area contributed by atoms with Crippen molar-refractivity contribution in [3.63, 3.8) is 0 Å². The van der Waals surface area contributed by atoms with Crippen LogP contribution in [0.2, 0.25) is 10.0 Å². The van der Waals surface area contributed by atoms with Crippen LogP contribution in [0.5, 0.6) is 0 Å². The molecule has 158 valence electrons. The fraction of sp³-hybridized carbons (Fsp3) is 0.318. The zero-order valence-electron chi connectivity index (χ0n) is 17.3. The molecule has 0 aliphatic rings. The third-order valence-corrected chi connectivity index (χ3v) is 5.00. The molecule has 6 nitrogen and oxygen atoms in total. The third-order valence-electron chi connectivity index (χ3n) is 4.45. The highest BCUT2D eigenvalue weighted by atomic mass is 35.5. The Balaban J connectivity index is 2.05. The zero-order chi connectivity index (χ0) is 21.9. The first-order valence-electron chi connectivity index (χ1n) is 9.49. The number of halogens is 2. The highest BCUT2D eigenvalue weighted by Crippen LogP contribution is 2.33. The van der Waals surface area contributed by atoms with Gasteiger partial charge in [-0.3, -0.25) is 14.6 Å². The van der Waals surface area contributed by atoms with Crippen LogP contribution in [0.15, 0.2) is 48.8 Å². The zero-order valence-corrected chi connectivity index (χ0v) is 18.9. The highest BCUT2D eigenvalue weighted by molar-refractivity contribution is 6.36. The number of hydrogen-bond acceptors (Lipinski definition) is 4. The van der Waals surface area contributed by atoms with E-state index in [1.54, 1.807) is 24.5 Å². The van der Waals surface area contributed by atoms with Gasteiger partial charge in [-0.25, -0.2) is 10.0 Å². The Bertz CT molecular complexity index is 1020. The first-order valence-corrected chi connectivity index (χ1v) is 10.2. The van der Waals surface area contributed by atoms with Crippen molar-refractivity contribution in [2.75, 3.05) is 0 Å². The monoisotopic (exact) mass is 446 g/mol. The van der Waals surface area contributed by atoms with Crippen molar-refractivity contribution in [1.29, 1.82) is 0 Å². The van der Waals surface area contributed by atoms with E-state index in [4.69, 9.17) is 28.0 Å². The minimum absolute atomic E-state index is 0.439. The summed E-state index contributed by atoms with van der Waals surface area (Å²) >= 11 is 12.4. The van der Waals surface area contributed by atoms with Gasteiger partial charge in [0.05, 0.1) is 22.5 Å². The van der Waals surface area contributed by atoms with Gasteiger partial charge in [-0.15, -0.1) is 0 Å². The molecular weight excluding hydrogens is 423 g/mol. The molecule has 1 amide bonds. The Hall–Kier alpha value is -2.41. The van der Waals surface area contributed by atoms with E-state index < -0.39 is 11.6 Å². The van der Waals surface area contributed by atoms with E-state index in [0.29, 0.717) is 28.7 Å². The predicted octanol–water partition coefficient (Wildman–Crippen LogP) is 5.26. The number of amides is 1. The van der Waals surface area contributed by atoms with Gasteiger partial charge in [0.2, 0.25) is 6.41 Å². The van der Waals surface area contributed by atoms with E-state index in [1.165, 1.54) is 5.06 Å². The van der Waals surface area contributed by atoms with Gasteiger partial charge in [-0.1, -0.05) is 29.3 Å². The summed E-state index contributed by atoms with van der Waals surface area (Å²) in [5.41, 5.74) is 1.87. The number of carbonyl (C=O) groups is 1. The summed E-state index contributed by atoms with van der Waals surface area (Å²) in [6, 6.07) is 10.5. The summed E-state index contributed by atoms with van der Waals surface area (Å²) in [6.45, 7) is 5.66. The summed E-state index contributed by atoms with van der Waals surface area (Å²) in [6.07, 6.45) is 4.58. The molecule has 0 radical (unpaired) electrons. The number of imidazole rings is 1. The molecule has 3 rings (SSSR count). The van der Waals surface area contributed by atoms with E-state index in [2.05, 4.69) is 9.97 Å². The van der Waals surface area contributed by atoms with Crippen LogP contribution in [0.3, 0.4) is 0 Å². The predicted molar refractivity (Wildman–Crippen MR) is 118 cm³/mol. The third kappa shape index (κ3) is 5.19. The number of pyridine rings is 1. The molecule has 3 aromatic rings. The normalized spacial score (nSPS) is 12.6. The Labute approximate surface area is 186 Å². The average molecular weight is 447 g/mol. The first-order chi connectivity index (χ1) is 14.2. The molecule has 30 heavy (non-hydrogen) atoms. The smallest absolute Gasteiger partial charge is 0.234 e. The van der Waals surface area contributed by atoms with E-state index >= 15 is 0 Å². The van der Waals surface area contributed by atoms with Gasteiger partial charge in [0.1, 0.15) is 11.9 Å². The molecule has 8 heteroatoms. The Kier molecular flexibility index (Phi) is 6.81. The van der Waals surface area contributed by atoms with E-state index in [9.17, 15) is 4.79 Å². The largest absolute Gasteiger partial charge is 0.329 e. The Morgan fingerprint density at radius 3 is 2.57 bits per heavy atom. The minimum atomic E-state index is -0.559. The number of nitrogens with zero attached hydrogens (tertiary/aromatic N) is 4. The standard InChI is InChI=1S/C22H24Cl2N4O2/c1-22(2,3)30-28(14-29)19(12-16-7-5-6-10-25-16)21-26-13-20(27(21)4)17-9-8-15(23)11-18(17)24/h5-11,13-14,19H,12H2,1-4H3. The number of hydroxylamine groups is 2. The fourth-order valence-corrected chi connectivity index (χ4v) is 3.67. The van der Waals surface area contributed by atoms with Crippen LogP contribution in [0.25, 0.3) is 11.3 Å². The fourth-order valence-electron chi connectivity index (χ4n) is 3.17. The number of carbonyl (C=O) groups excluding carboxylic acids is 1. The molecule has 1 unspecified atom stereocenters. The van der Waals surface area contributed by atoms with Gasteiger partial charge in [-0.05, 0) is 51.1 Å². The van der Waals surface area contributed by atoms with Gasteiger partial charge >= 0.3 is 0 Å². The summed E-state index contributed by atoms with van der Waals surface area (Å²) < 4.78 is 1.91. The maximum absolute atomic E-state index is 12.0. The summed E-state index contributed by atoms with van der Waals surface area (Å²) in [4.78, 5) is 26.9. The highest BCUT2D eigenvalue weighted by Gasteiger charge is 2.30. The van der Waals surface area contributed by atoms with Crippen LogP contribution < -0.4 is 0 Å². The van der Waals surface area contributed by atoms with Crippen molar-refractivity contribution >= 4 is 29.6 Å². The molecule has 0 spiro atoms. The van der Waals surface area contributed by atoms with Crippen LogP contribution in [-0.2, 0) is 23.1 Å². The molecule has 0 bridgehead atoms. The van der Waals surface area contributed by atoms with Gasteiger partial charge in [-0.2, -0.15) is 0 Å². The molecule has 0 N–H and O–H groups in total. The van der Waals surface area contributed by atoms with Gasteiger partial charge in [0, 0.05) is 35.9 Å². The van der Waals surface area contributed by atoms with Crippen LogP contribution in [0, 0.1) is 0 Å². The van der Waals surface area contributed by atoms with E-state index in [0.717, 1.165) is 17.0 Å². The number of hydrogen-bond donors (Lipinski definition) is 0. The quantitative estimate of drug-likeness (QED) is 0.366. The maximum Gasteiger partial charge on any atom is 0.234 e. The van der Waals surface area contributed by atoms with Crippen LogP contribution in [-0.4, -0.2) is 31.6 Å². The van der Waals surface area contributed by atoms with E-state index in [1.807, 2.05) is 56.7 Å². The molecule has 1 atom stereocenters. The second kappa shape index (κ2) is 9.16. The SMILES string of the molecule is Cn1c(-c2ccc(Cl)cc2Cl)cnc1C(Cc1ccccn1)N(C=O)OC(C)(C)C. The first kappa shape index (κ1) is 22.3. The lowest BCUT2D eigenvalue weighted by Crippen LogP contribution is -2.38. The molecular formula is C22H24Cl2N4O2. The van der Waals surface area contributed by atoms with Crippen molar-refractivity contribution in [1.82, 2.24) is 19.6 Å². The van der Waals surface area contributed by atoms with E-state index in [-0.39, 0.29) is 0 Å². The van der Waals surface area contributed by atoms with Crippen molar-refractivity contribution < 1.29 is 9.63 Å². The van der Waals surface area contributed by atoms with Gasteiger partial charge < -0.3 is 4.57 Å². The van der Waals surface area contributed by atoms with Crippen LogP contribution >= 0.6 is 23.2 Å². The number of benzene rings is 1. The molecule has 2 aromatic heterocycles. The topological polar surface area (TPSA) is 60.2 Å². The Morgan fingerprint density at radius 2 is 1.97 bits per heavy atom. The lowest BCUT2D eigenvalue weighted by molar-refractivity contribution is -0.235. The number of rotatable bonds is 7. The van der Waals surface area contributed by atoms with Crippen LogP contribution in [0.4, 0.5) is 0 Å². The summed E-state index contributed by atoms with van der Waals surface area (Å²) in [7, 11) is 1.88. The summed E-state index contributed by atoms with van der Waals surface area (Å²) in [5.74, 6) is 0.651. The maximum atomic E-state index is 12.0. The number of aromatic nitrogens is 3. The van der Waals surface area contributed by atoms with Gasteiger partial charge in [0.25, 0.3) is 0 Å². The minimum Gasteiger partial charge on any atom is -0.329 e.